The van der Waals surface area contributed by atoms with Crippen molar-refractivity contribution in [3.8, 4) is 0 Å². The van der Waals surface area contributed by atoms with Crippen molar-refractivity contribution in [2.24, 2.45) is 0 Å². The van der Waals surface area contributed by atoms with Gasteiger partial charge in [-0.25, -0.2) is 4.79 Å². The molecule has 0 aliphatic carbocycles. The van der Waals surface area contributed by atoms with Crippen molar-refractivity contribution < 1.29 is 24.9 Å². The molecule has 0 aromatic carbocycles. The molecule has 0 radical (unpaired) electrons. The third-order valence-corrected chi connectivity index (χ3v) is 5.05. The molecule has 3 atom stereocenters. The summed E-state index contributed by atoms with van der Waals surface area (Å²) in [6.07, 6.45) is 12.1. The molecule has 0 heterocycles. The SMILES string of the molecule is CCCCCCCCCCCC[C@@H](O)CC[C@@H](O)[C@@H](CO)NC(=O)OC(C)(C)C. The standard InChI is InChI=1S/C23H47NO5/c1-5-6-7-8-9-10-11-12-13-14-15-19(26)16-17-21(27)20(18-25)24-22(28)29-23(2,3)4/h19-21,25-27H,5-18H2,1-4H3,(H,24,28)/t19-,20-,21-/m1/s1. The van der Waals surface area contributed by atoms with Gasteiger partial charge >= 0.3 is 6.09 Å². The Labute approximate surface area is 178 Å². The Morgan fingerprint density at radius 3 is 1.86 bits per heavy atom. The Balaban J connectivity index is 3.80. The van der Waals surface area contributed by atoms with Gasteiger partial charge in [0.15, 0.2) is 0 Å². The molecule has 174 valence electrons. The minimum Gasteiger partial charge on any atom is -0.444 e. The van der Waals surface area contributed by atoms with Crippen molar-refractivity contribution in [3.05, 3.63) is 0 Å². The lowest BCUT2D eigenvalue weighted by Gasteiger charge is -2.26. The number of alkyl carbamates (subject to hydrolysis) is 1. The lowest BCUT2D eigenvalue weighted by atomic mass is 10.00. The molecule has 1 amide bonds. The van der Waals surface area contributed by atoms with Gasteiger partial charge in [0.1, 0.15) is 5.60 Å². The molecule has 0 spiro atoms. The van der Waals surface area contributed by atoms with Crippen molar-refractivity contribution >= 4 is 6.09 Å². The number of hydrogen-bond donors (Lipinski definition) is 4. The largest absolute Gasteiger partial charge is 0.444 e. The monoisotopic (exact) mass is 417 g/mol. The molecule has 0 aromatic heterocycles. The highest BCUT2D eigenvalue weighted by atomic mass is 16.6. The average Bonchev–Trinajstić information content (AvgIpc) is 2.64. The first-order valence-electron chi connectivity index (χ1n) is 11.7. The van der Waals surface area contributed by atoms with Crippen LogP contribution in [0, 0.1) is 0 Å². The fraction of sp³-hybridized carbons (Fsp3) is 0.957. The number of aliphatic hydroxyl groups excluding tert-OH is 3. The van der Waals surface area contributed by atoms with Gasteiger partial charge in [-0.15, -0.1) is 0 Å². The van der Waals surface area contributed by atoms with E-state index in [1.54, 1.807) is 20.8 Å². The van der Waals surface area contributed by atoms with E-state index >= 15 is 0 Å². The number of ether oxygens (including phenoxy) is 1. The van der Waals surface area contributed by atoms with Gasteiger partial charge in [0.25, 0.3) is 0 Å². The molecule has 0 rings (SSSR count). The zero-order chi connectivity index (χ0) is 22.1. The molecular formula is C23H47NO5. The normalized spacial score (nSPS) is 15.0. The summed E-state index contributed by atoms with van der Waals surface area (Å²) in [5.74, 6) is 0. The summed E-state index contributed by atoms with van der Waals surface area (Å²) < 4.78 is 5.14. The van der Waals surface area contributed by atoms with Crippen LogP contribution in [0.5, 0.6) is 0 Å². The second-order valence-corrected chi connectivity index (χ2v) is 9.20. The second-order valence-electron chi connectivity index (χ2n) is 9.20. The van der Waals surface area contributed by atoms with Crippen LogP contribution in [-0.2, 0) is 4.74 Å². The first-order valence-corrected chi connectivity index (χ1v) is 11.7. The van der Waals surface area contributed by atoms with Crippen LogP contribution < -0.4 is 5.32 Å². The number of aliphatic hydroxyl groups is 3. The fourth-order valence-corrected chi connectivity index (χ4v) is 3.30. The zero-order valence-corrected chi connectivity index (χ0v) is 19.3. The predicted octanol–water partition coefficient (Wildman–Crippen LogP) is 4.69. The van der Waals surface area contributed by atoms with Gasteiger partial charge in [0, 0.05) is 0 Å². The Morgan fingerprint density at radius 1 is 0.862 bits per heavy atom. The van der Waals surface area contributed by atoms with E-state index in [-0.39, 0.29) is 6.61 Å². The molecule has 29 heavy (non-hydrogen) atoms. The van der Waals surface area contributed by atoms with E-state index in [2.05, 4.69) is 12.2 Å². The highest BCUT2D eigenvalue weighted by Crippen LogP contribution is 2.15. The first kappa shape index (κ1) is 28.1. The van der Waals surface area contributed by atoms with Crippen LogP contribution in [0.4, 0.5) is 4.79 Å². The molecule has 6 heteroatoms. The number of rotatable bonds is 17. The van der Waals surface area contributed by atoms with Crippen LogP contribution in [0.25, 0.3) is 0 Å². The number of hydrogen-bond acceptors (Lipinski definition) is 5. The summed E-state index contributed by atoms with van der Waals surface area (Å²) in [5, 5.41) is 32.2. The van der Waals surface area contributed by atoms with Gasteiger partial charge < -0.3 is 25.4 Å². The highest BCUT2D eigenvalue weighted by molar-refractivity contribution is 5.68. The van der Waals surface area contributed by atoms with Gasteiger partial charge in [0.2, 0.25) is 0 Å². The summed E-state index contributed by atoms with van der Waals surface area (Å²) in [5.41, 5.74) is -0.639. The number of amides is 1. The average molecular weight is 418 g/mol. The van der Waals surface area contributed by atoms with Crippen molar-refractivity contribution in [1.82, 2.24) is 5.32 Å². The van der Waals surface area contributed by atoms with Gasteiger partial charge in [-0.3, -0.25) is 0 Å². The van der Waals surface area contributed by atoms with Gasteiger partial charge in [-0.1, -0.05) is 71.1 Å². The Bertz CT molecular complexity index is 397. The van der Waals surface area contributed by atoms with E-state index in [9.17, 15) is 20.1 Å². The molecule has 0 saturated heterocycles. The molecule has 0 saturated carbocycles. The van der Waals surface area contributed by atoms with Crippen LogP contribution in [0.2, 0.25) is 0 Å². The van der Waals surface area contributed by atoms with Gasteiger partial charge in [-0.05, 0) is 40.0 Å². The molecule has 0 unspecified atom stereocenters. The summed E-state index contributed by atoms with van der Waals surface area (Å²) in [6, 6.07) is -0.797. The summed E-state index contributed by atoms with van der Waals surface area (Å²) in [6.45, 7) is 7.11. The summed E-state index contributed by atoms with van der Waals surface area (Å²) >= 11 is 0. The fourth-order valence-electron chi connectivity index (χ4n) is 3.30. The van der Waals surface area contributed by atoms with Gasteiger partial charge in [-0.2, -0.15) is 0 Å². The molecule has 0 fully saturated rings. The summed E-state index contributed by atoms with van der Waals surface area (Å²) in [7, 11) is 0. The lowest BCUT2D eigenvalue weighted by Crippen LogP contribution is -2.47. The van der Waals surface area contributed by atoms with E-state index in [0.29, 0.717) is 12.8 Å². The van der Waals surface area contributed by atoms with Crippen molar-refractivity contribution in [2.45, 2.75) is 135 Å². The molecule has 0 aliphatic heterocycles. The number of unbranched alkanes of at least 4 members (excludes halogenated alkanes) is 9. The van der Waals surface area contributed by atoms with Crippen LogP contribution >= 0.6 is 0 Å². The lowest BCUT2D eigenvalue weighted by molar-refractivity contribution is 0.0299. The molecule has 4 N–H and O–H groups in total. The second kappa shape index (κ2) is 16.9. The van der Waals surface area contributed by atoms with Crippen LogP contribution in [0.3, 0.4) is 0 Å². The molecule has 0 bridgehead atoms. The Morgan fingerprint density at radius 2 is 1.38 bits per heavy atom. The van der Waals surface area contributed by atoms with E-state index in [1.165, 1.54) is 51.4 Å². The number of carbonyl (C=O) groups is 1. The smallest absolute Gasteiger partial charge is 0.408 e. The minimum absolute atomic E-state index is 0.319. The zero-order valence-electron chi connectivity index (χ0n) is 19.3. The van der Waals surface area contributed by atoms with Crippen molar-refractivity contribution in [1.29, 1.82) is 0 Å². The topological polar surface area (TPSA) is 99.0 Å². The maximum absolute atomic E-state index is 11.8. The molecule has 0 aliphatic rings. The van der Waals surface area contributed by atoms with E-state index in [0.717, 1.165) is 19.3 Å². The highest BCUT2D eigenvalue weighted by Gasteiger charge is 2.24. The Hall–Kier alpha value is -0.850. The van der Waals surface area contributed by atoms with Crippen LogP contribution in [0.15, 0.2) is 0 Å². The van der Waals surface area contributed by atoms with E-state index in [1.807, 2.05) is 0 Å². The molecule has 6 nitrogen and oxygen atoms in total. The van der Waals surface area contributed by atoms with E-state index < -0.39 is 29.9 Å². The predicted molar refractivity (Wildman–Crippen MR) is 118 cm³/mol. The number of nitrogens with one attached hydrogen (secondary N) is 1. The van der Waals surface area contributed by atoms with Crippen molar-refractivity contribution in [2.75, 3.05) is 6.61 Å². The van der Waals surface area contributed by atoms with Crippen LogP contribution in [0.1, 0.15) is 111 Å². The van der Waals surface area contributed by atoms with Crippen molar-refractivity contribution in [3.63, 3.8) is 0 Å². The van der Waals surface area contributed by atoms with E-state index in [4.69, 9.17) is 4.74 Å². The maximum atomic E-state index is 11.8. The third kappa shape index (κ3) is 17.7. The number of carbonyl (C=O) groups excluding carboxylic acids is 1. The molecule has 0 aromatic rings. The Kier molecular flexibility index (Phi) is 16.4. The van der Waals surface area contributed by atoms with Crippen LogP contribution in [-0.4, -0.2) is 51.9 Å². The quantitative estimate of drug-likeness (QED) is 0.257. The first-order chi connectivity index (χ1) is 13.7. The summed E-state index contributed by atoms with van der Waals surface area (Å²) in [4.78, 5) is 11.8. The minimum atomic E-state index is -0.921. The maximum Gasteiger partial charge on any atom is 0.408 e. The van der Waals surface area contributed by atoms with Gasteiger partial charge in [0.05, 0.1) is 24.9 Å². The third-order valence-electron chi connectivity index (χ3n) is 5.05. The molecular weight excluding hydrogens is 370 g/mol.